The Bertz CT molecular complexity index is 874. The van der Waals surface area contributed by atoms with E-state index in [1.165, 1.54) is 5.56 Å². The average molecular weight is 379 g/mol. The van der Waals surface area contributed by atoms with Gasteiger partial charge in [-0.3, -0.25) is 9.59 Å². The second-order valence-electron chi connectivity index (χ2n) is 8.51. The van der Waals surface area contributed by atoms with Crippen molar-refractivity contribution in [1.82, 2.24) is 4.90 Å². The van der Waals surface area contributed by atoms with Crippen LogP contribution in [-0.4, -0.2) is 29.8 Å². The number of primary amides is 1. The molecule has 0 aromatic heterocycles. The number of benzene rings is 2. The lowest BCUT2D eigenvalue weighted by atomic mass is 9.78. The summed E-state index contributed by atoms with van der Waals surface area (Å²) in [6.45, 7) is 7.16. The van der Waals surface area contributed by atoms with Gasteiger partial charge >= 0.3 is 0 Å². The van der Waals surface area contributed by atoms with E-state index < -0.39 is 5.41 Å². The normalized spacial score (nSPS) is 19.2. The molecular weight excluding hydrogens is 348 g/mol. The van der Waals surface area contributed by atoms with E-state index >= 15 is 0 Å². The van der Waals surface area contributed by atoms with Gasteiger partial charge in [-0.05, 0) is 42.4 Å². The molecule has 1 atom stereocenters. The van der Waals surface area contributed by atoms with E-state index in [1.807, 2.05) is 36.9 Å². The van der Waals surface area contributed by atoms with Crippen molar-refractivity contribution in [1.29, 1.82) is 0 Å². The second-order valence-corrected chi connectivity index (χ2v) is 8.51. The van der Waals surface area contributed by atoms with Crippen LogP contribution in [0.4, 0.5) is 0 Å². The SMILES string of the molecule is Cc1cccc(-c2ccccc2C[C@]2(C(N)=O)CCN(C(=O)CC(C)C)C2)c1. The Labute approximate surface area is 167 Å². The van der Waals surface area contributed by atoms with Gasteiger partial charge in [-0.1, -0.05) is 67.9 Å². The molecule has 1 fully saturated rings. The number of aryl methyl sites for hydroxylation is 1. The van der Waals surface area contributed by atoms with Gasteiger partial charge in [0.15, 0.2) is 0 Å². The molecule has 0 aliphatic carbocycles. The number of rotatable bonds is 6. The average Bonchev–Trinajstić information content (AvgIpc) is 3.07. The highest BCUT2D eigenvalue weighted by molar-refractivity contribution is 5.85. The molecule has 4 nitrogen and oxygen atoms in total. The van der Waals surface area contributed by atoms with Gasteiger partial charge in [-0.2, -0.15) is 0 Å². The number of nitrogens with zero attached hydrogens (tertiary/aromatic N) is 1. The molecular formula is C24H30N2O2. The van der Waals surface area contributed by atoms with Crippen molar-refractivity contribution in [2.45, 2.75) is 40.0 Å². The number of amides is 2. The van der Waals surface area contributed by atoms with Gasteiger partial charge in [0.05, 0.1) is 5.41 Å². The highest BCUT2D eigenvalue weighted by Crippen LogP contribution is 2.37. The largest absolute Gasteiger partial charge is 0.369 e. The maximum atomic E-state index is 12.5. The molecule has 0 radical (unpaired) electrons. The summed E-state index contributed by atoms with van der Waals surface area (Å²) in [5.41, 5.74) is 9.74. The van der Waals surface area contributed by atoms with Crippen LogP contribution in [0.1, 0.15) is 37.8 Å². The van der Waals surface area contributed by atoms with Crippen LogP contribution in [0.15, 0.2) is 48.5 Å². The highest BCUT2D eigenvalue weighted by atomic mass is 16.2. The summed E-state index contributed by atoms with van der Waals surface area (Å²) in [5.74, 6) is 0.106. The Kier molecular flexibility index (Phi) is 5.87. The van der Waals surface area contributed by atoms with Gasteiger partial charge < -0.3 is 10.6 Å². The first-order valence-electron chi connectivity index (χ1n) is 10.0. The van der Waals surface area contributed by atoms with E-state index in [2.05, 4.69) is 37.3 Å². The van der Waals surface area contributed by atoms with Crippen LogP contribution in [-0.2, 0) is 16.0 Å². The zero-order valence-corrected chi connectivity index (χ0v) is 17.1. The van der Waals surface area contributed by atoms with Crippen LogP contribution in [0.3, 0.4) is 0 Å². The fourth-order valence-electron chi connectivity index (χ4n) is 4.13. The van der Waals surface area contributed by atoms with Crippen molar-refractivity contribution in [2.24, 2.45) is 17.1 Å². The topological polar surface area (TPSA) is 63.4 Å². The first-order valence-corrected chi connectivity index (χ1v) is 10.0. The maximum absolute atomic E-state index is 12.5. The van der Waals surface area contributed by atoms with Crippen molar-refractivity contribution in [2.75, 3.05) is 13.1 Å². The molecule has 28 heavy (non-hydrogen) atoms. The lowest BCUT2D eigenvalue weighted by Crippen LogP contribution is -2.42. The summed E-state index contributed by atoms with van der Waals surface area (Å²) in [4.78, 5) is 26.8. The summed E-state index contributed by atoms with van der Waals surface area (Å²) in [5, 5.41) is 0. The first-order chi connectivity index (χ1) is 13.3. The number of carbonyl (C=O) groups excluding carboxylic acids is 2. The van der Waals surface area contributed by atoms with Gasteiger partial charge in [-0.25, -0.2) is 0 Å². The van der Waals surface area contributed by atoms with Crippen molar-refractivity contribution in [3.8, 4) is 11.1 Å². The van der Waals surface area contributed by atoms with Crippen LogP contribution in [0.25, 0.3) is 11.1 Å². The van der Waals surface area contributed by atoms with Gasteiger partial charge in [0.1, 0.15) is 0 Å². The van der Waals surface area contributed by atoms with Crippen molar-refractivity contribution >= 4 is 11.8 Å². The van der Waals surface area contributed by atoms with E-state index in [0.29, 0.717) is 38.3 Å². The molecule has 2 amide bonds. The number of hydrogen-bond donors (Lipinski definition) is 1. The molecule has 2 aromatic rings. The Balaban J connectivity index is 1.89. The minimum atomic E-state index is -0.702. The number of nitrogens with two attached hydrogens (primary N) is 1. The van der Waals surface area contributed by atoms with Crippen LogP contribution in [0.5, 0.6) is 0 Å². The van der Waals surface area contributed by atoms with Gasteiger partial charge in [0, 0.05) is 19.5 Å². The molecule has 1 heterocycles. The third kappa shape index (κ3) is 4.27. The van der Waals surface area contributed by atoms with Crippen molar-refractivity contribution in [3.63, 3.8) is 0 Å². The van der Waals surface area contributed by atoms with Crippen LogP contribution >= 0.6 is 0 Å². The number of likely N-dealkylation sites (tertiary alicyclic amines) is 1. The monoisotopic (exact) mass is 378 g/mol. The van der Waals surface area contributed by atoms with E-state index in [4.69, 9.17) is 5.73 Å². The Morgan fingerprint density at radius 2 is 1.89 bits per heavy atom. The molecule has 4 heteroatoms. The van der Waals surface area contributed by atoms with E-state index in [9.17, 15) is 9.59 Å². The van der Waals surface area contributed by atoms with Crippen LogP contribution in [0, 0.1) is 18.3 Å². The molecule has 1 saturated heterocycles. The zero-order chi connectivity index (χ0) is 20.3. The molecule has 0 bridgehead atoms. The fourth-order valence-corrected chi connectivity index (χ4v) is 4.13. The molecule has 0 saturated carbocycles. The molecule has 148 valence electrons. The summed E-state index contributed by atoms with van der Waals surface area (Å²) >= 11 is 0. The number of carbonyl (C=O) groups is 2. The Hall–Kier alpha value is -2.62. The summed E-state index contributed by atoms with van der Waals surface area (Å²) in [7, 11) is 0. The summed E-state index contributed by atoms with van der Waals surface area (Å²) < 4.78 is 0. The van der Waals surface area contributed by atoms with Gasteiger partial charge in [0.2, 0.25) is 11.8 Å². The fraction of sp³-hybridized carbons (Fsp3) is 0.417. The molecule has 2 N–H and O–H groups in total. The smallest absolute Gasteiger partial charge is 0.225 e. The van der Waals surface area contributed by atoms with Crippen LogP contribution in [0.2, 0.25) is 0 Å². The third-order valence-electron chi connectivity index (χ3n) is 5.69. The molecule has 1 aliphatic heterocycles. The van der Waals surface area contributed by atoms with Crippen molar-refractivity contribution in [3.05, 3.63) is 59.7 Å². The molecule has 2 aromatic carbocycles. The van der Waals surface area contributed by atoms with Gasteiger partial charge in [-0.15, -0.1) is 0 Å². The van der Waals surface area contributed by atoms with Crippen LogP contribution < -0.4 is 5.73 Å². The Morgan fingerprint density at radius 1 is 1.14 bits per heavy atom. The third-order valence-corrected chi connectivity index (χ3v) is 5.69. The minimum absolute atomic E-state index is 0.116. The zero-order valence-electron chi connectivity index (χ0n) is 17.1. The highest BCUT2D eigenvalue weighted by Gasteiger charge is 2.45. The van der Waals surface area contributed by atoms with E-state index in [0.717, 1.165) is 16.7 Å². The van der Waals surface area contributed by atoms with Crippen molar-refractivity contribution < 1.29 is 9.59 Å². The lowest BCUT2D eigenvalue weighted by Gasteiger charge is -2.27. The molecule has 1 aliphatic rings. The van der Waals surface area contributed by atoms with E-state index in [-0.39, 0.29) is 11.8 Å². The molecule has 0 unspecified atom stereocenters. The summed E-state index contributed by atoms with van der Waals surface area (Å²) in [6.07, 6.45) is 1.68. The quantitative estimate of drug-likeness (QED) is 0.827. The molecule has 0 spiro atoms. The van der Waals surface area contributed by atoms with Gasteiger partial charge in [0.25, 0.3) is 0 Å². The first kappa shape index (κ1) is 20.1. The predicted molar refractivity (Wildman–Crippen MR) is 113 cm³/mol. The second kappa shape index (κ2) is 8.17. The summed E-state index contributed by atoms with van der Waals surface area (Å²) in [6, 6.07) is 16.6. The van der Waals surface area contributed by atoms with E-state index in [1.54, 1.807) is 0 Å². The maximum Gasteiger partial charge on any atom is 0.225 e. The minimum Gasteiger partial charge on any atom is -0.369 e. The standard InChI is InChI=1S/C24H30N2O2/c1-17(2)13-22(27)26-12-11-24(16-26,23(25)28)15-20-8-4-5-10-21(20)19-9-6-7-18(3)14-19/h4-10,14,17H,11-13,15-16H2,1-3H3,(H2,25,28)/t24-/m1/s1. The lowest BCUT2D eigenvalue weighted by molar-refractivity contribution is -0.132. The molecule has 3 rings (SSSR count). The Morgan fingerprint density at radius 3 is 2.57 bits per heavy atom. The predicted octanol–water partition coefficient (Wildman–Crippen LogP) is 3.95. The number of hydrogen-bond acceptors (Lipinski definition) is 2.